The highest BCUT2D eigenvalue weighted by molar-refractivity contribution is 7.89. The van der Waals surface area contributed by atoms with Crippen molar-refractivity contribution in [3.05, 3.63) is 54.6 Å². The van der Waals surface area contributed by atoms with Gasteiger partial charge in [0.25, 0.3) is 0 Å². The molecule has 0 saturated carbocycles. The van der Waals surface area contributed by atoms with Crippen LogP contribution in [0.25, 0.3) is 0 Å². The van der Waals surface area contributed by atoms with Gasteiger partial charge in [0.15, 0.2) is 0 Å². The summed E-state index contributed by atoms with van der Waals surface area (Å²) >= 11 is 0. The average molecular weight is 235 g/mol. The maximum absolute atomic E-state index is 11.9. The van der Waals surface area contributed by atoms with Crippen molar-refractivity contribution in [2.45, 2.75) is 17.4 Å². The molecule has 0 spiro atoms. The van der Waals surface area contributed by atoms with Gasteiger partial charge in [-0.2, -0.15) is 0 Å². The van der Waals surface area contributed by atoms with E-state index in [4.69, 9.17) is 0 Å². The number of allylic oxidation sites excluding steroid dienone is 2. The van der Waals surface area contributed by atoms with Gasteiger partial charge in [0, 0.05) is 6.04 Å². The lowest BCUT2D eigenvalue weighted by Gasteiger charge is -2.15. The first kappa shape index (κ1) is 11.1. The summed E-state index contributed by atoms with van der Waals surface area (Å²) in [5.41, 5.74) is 0. The van der Waals surface area contributed by atoms with E-state index < -0.39 is 10.0 Å². The van der Waals surface area contributed by atoms with E-state index in [9.17, 15) is 8.42 Å². The molecule has 1 unspecified atom stereocenters. The van der Waals surface area contributed by atoms with Crippen molar-refractivity contribution in [1.82, 2.24) is 4.72 Å². The molecule has 1 aromatic rings. The molecule has 2 rings (SSSR count). The molecule has 1 aliphatic rings. The second kappa shape index (κ2) is 4.63. The monoisotopic (exact) mass is 235 g/mol. The highest BCUT2D eigenvalue weighted by Crippen LogP contribution is 2.11. The second-order valence-electron chi connectivity index (χ2n) is 3.59. The number of sulfonamides is 1. The smallest absolute Gasteiger partial charge is 0.207 e. The van der Waals surface area contributed by atoms with Crippen molar-refractivity contribution in [1.29, 1.82) is 0 Å². The molecular formula is C12H13NO2S. The minimum atomic E-state index is -3.40. The van der Waals surface area contributed by atoms with Crippen LogP contribution < -0.4 is 4.72 Å². The zero-order chi connectivity index (χ0) is 11.4. The Hall–Kier alpha value is -1.39. The molecule has 0 radical (unpaired) electrons. The first-order valence-corrected chi connectivity index (χ1v) is 6.57. The Morgan fingerprint density at radius 2 is 1.88 bits per heavy atom. The lowest BCUT2D eigenvalue weighted by Crippen LogP contribution is -2.33. The molecule has 0 saturated heterocycles. The van der Waals surface area contributed by atoms with Crippen molar-refractivity contribution in [2.24, 2.45) is 0 Å². The Morgan fingerprint density at radius 1 is 1.12 bits per heavy atom. The summed E-state index contributed by atoms with van der Waals surface area (Å²) < 4.78 is 26.5. The summed E-state index contributed by atoms with van der Waals surface area (Å²) in [5, 5.41) is 0. The average Bonchev–Trinajstić information content (AvgIpc) is 2.31. The summed E-state index contributed by atoms with van der Waals surface area (Å²) in [4.78, 5) is 0.304. The third-order valence-electron chi connectivity index (χ3n) is 2.34. The van der Waals surface area contributed by atoms with Crippen molar-refractivity contribution in [3.63, 3.8) is 0 Å². The predicted octanol–water partition coefficient (Wildman–Crippen LogP) is 1.85. The van der Waals surface area contributed by atoms with Crippen LogP contribution in [0.2, 0.25) is 0 Å². The summed E-state index contributed by atoms with van der Waals surface area (Å²) in [6, 6.07) is 8.25. The number of nitrogens with one attached hydrogen (secondary N) is 1. The van der Waals surface area contributed by atoms with Crippen LogP contribution in [0.15, 0.2) is 59.5 Å². The highest BCUT2D eigenvalue weighted by atomic mass is 32.2. The minimum absolute atomic E-state index is 0.143. The third kappa shape index (κ3) is 2.59. The Bertz CT molecular complexity index is 503. The molecule has 16 heavy (non-hydrogen) atoms. The molecular weight excluding hydrogens is 222 g/mol. The standard InChI is InChI=1S/C12H13NO2S/c14-16(15,12-9-5-2-6-10-12)13-11-7-3-1-4-8-11/h1-7,9-11,13H,8H2. The molecule has 1 atom stereocenters. The number of rotatable bonds is 3. The van der Waals surface area contributed by atoms with Crippen LogP contribution in [0.5, 0.6) is 0 Å². The molecule has 0 fully saturated rings. The maximum Gasteiger partial charge on any atom is 0.241 e. The van der Waals surface area contributed by atoms with Crippen LogP contribution in [0.3, 0.4) is 0 Å². The maximum atomic E-state index is 11.9. The van der Waals surface area contributed by atoms with E-state index in [-0.39, 0.29) is 6.04 Å². The van der Waals surface area contributed by atoms with E-state index in [1.165, 1.54) is 0 Å². The zero-order valence-corrected chi connectivity index (χ0v) is 9.52. The molecule has 0 bridgehead atoms. The van der Waals surface area contributed by atoms with Gasteiger partial charge in [-0.3, -0.25) is 0 Å². The molecule has 1 aromatic carbocycles. The molecule has 84 valence electrons. The fourth-order valence-corrected chi connectivity index (χ4v) is 2.76. The van der Waals surface area contributed by atoms with E-state index in [0.29, 0.717) is 11.3 Å². The van der Waals surface area contributed by atoms with Gasteiger partial charge in [0.2, 0.25) is 10.0 Å². The minimum Gasteiger partial charge on any atom is -0.207 e. The van der Waals surface area contributed by atoms with Crippen LogP contribution in [0, 0.1) is 0 Å². The lowest BCUT2D eigenvalue weighted by atomic mass is 10.1. The van der Waals surface area contributed by atoms with Crippen molar-refractivity contribution in [2.75, 3.05) is 0 Å². The lowest BCUT2D eigenvalue weighted by molar-refractivity contribution is 0.571. The Morgan fingerprint density at radius 3 is 2.50 bits per heavy atom. The number of benzene rings is 1. The van der Waals surface area contributed by atoms with E-state index >= 15 is 0 Å². The quantitative estimate of drug-likeness (QED) is 0.869. The van der Waals surface area contributed by atoms with Gasteiger partial charge < -0.3 is 0 Å². The summed E-state index contributed by atoms with van der Waals surface area (Å²) in [6.07, 6.45) is 8.25. The summed E-state index contributed by atoms with van der Waals surface area (Å²) in [6.45, 7) is 0. The third-order valence-corrected chi connectivity index (χ3v) is 3.85. The van der Waals surface area contributed by atoms with Gasteiger partial charge in [-0.15, -0.1) is 0 Å². The number of hydrogen-bond acceptors (Lipinski definition) is 2. The van der Waals surface area contributed by atoms with Crippen LogP contribution in [0.1, 0.15) is 6.42 Å². The van der Waals surface area contributed by atoms with Gasteiger partial charge in [-0.1, -0.05) is 42.5 Å². The summed E-state index contributed by atoms with van der Waals surface area (Å²) in [7, 11) is -3.40. The topological polar surface area (TPSA) is 46.2 Å². The molecule has 0 amide bonds. The van der Waals surface area contributed by atoms with E-state index in [1.54, 1.807) is 30.3 Å². The van der Waals surface area contributed by atoms with Crippen LogP contribution in [0.4, 0.5) is 0 Å². The van der Waals surface area contributed by atoms with Crippen LogP contribution in [-0.4, -0.2) is 14.5 Å². The van der Waals surface area contributed by atoms with Gasteiger partial charge in [-0.05, 0) is 18.6 Å². The Kier molecular flexibility index (Phi) is 3.22. The molecule has 0 aliphatic heterocycles. The summed E-state index contributed by atoms with van der Waals surface area (Å²) in [5.74, 6) is 0. The first-order valence-electron chi connectivity index (χ1n) is 5.09. The Balaban J connectivity index is 2.15. The molecule has 1 N–H and O–H groups in total. The zero-order valence-electron chi connectivity index (χ0n) is 8.71. The van der Waals surface area contributed by atoms with Crippen molar-refractivity contribution in [3.8, 4) is 0 Å². The van der Waals surface area contributed by atoms with E-state index in [2.05, 4.69) is 4.72 Å². The first-order chi connectivity index (χ1) is 7.68. The van der Waals surface area contributed by atoms with Crippen LogP contribution in [-0.2, 0) is 10.0 Å². The predicted molar refractivity (Wildman–Crippen MR) is 63.4 cm³/mol. The highest BCUT2D eigenvalue weighted by Gasteiger charge is 2.17. The van der Waals surface area contributed by atoms with Gasteiger partial charge >= 0.3 is 0 Å². The molecule has 4 heteroatoms. The second-order valence-corrected chi connectivity index (χ2v) is 5.30. The Labute approximate surface area is 95.5 Å². The SMILES string of the molecule is O=S(=O)(NC1C=CC=CC1)c1ccccc1. The van der Waals surface area contributed by atoms with Gasteiger partial charge in [0.1, 0.15) is 0 Å². The van der Waals surface area contributed by atoms with E-state index in [0.717, 1.165) is 0 Å². The van der Waals surface area contributed by atoms with Crippen molar-refractivity contribution < 1.29 is 8.42 Å². The van der Waals surface area contributed by atoms with Crippen LogP contribution >= 0.6 is 0 Å². The van der Waals surface area contributed by atoms with Crippen molar-refractivity contribution >= 4 is 10.0 Å². The largest absolute Gasteiger partial charge is 0.241 e. The van der Waals surface area contributed by atoms with E-state index in [1.807, 2.05) is 24.3 Å². The molecule has 1 aliphatic carbocycles. The molecule has 3 nitrogen and oxygen atoms in total. The molecule has 0 heterocycles. The van der Waals surface area contributed by atoms with Gasteiger partial charge in [0.05, 0.1) is 4.90 Å². The fraction of sp³-hybridized carbons (Fsp3) is 0.167. The number of hydrogen-bond donors (Lipinski definition) is 1. The van der Waals surface area contributed by atoms with Gasteiger partial charge in [-0.25, -0.2) is 13.1 Å². The normalized spacial score (nSPS) is 19.9. The fourth-order valence-electron chi connectivity index (χ4n) is 1.53. The molecule has 0 aromatic heterocycles.